The van der Waals surface area contributed by atoms with Gasteiger partial charge in [-0.05, 0) is 30.8 Å². The Hall–Kier alpha value is -1.62. The Balaban J connectivity index is 2.28. The van der Waals surface area contributed by atoms with Gasteiger partial charge in [-0.2, -0.15) is 5.10 Å². The van der Waals surface area contributed by atoms with Crippen LogP contribution >= 0.6 is 12.2 Å². The van der Waals surface area contributed by atoms with Gasteiger partial charge in [0.25, 0.3) is 0 Å². The number of unbranched alkanes of at least 4 members (excludes halogenated alkanes) is 2. The molecule has 0 aliphatic rings. The molecule has 0 unspecified atom stereocenters. The number of hydrogen-bond donors (Lipinski definition) is 3. The highest BCUT2D eigenvalue weighted by molar-refractivity contribution is 7.80. The third-order valence-electron chi connectivity index (χ3n) is 2.37. The number of benzene rings is 1. The molecule has 0 heterocycles. The average molecular weight is 265 g/mol. The van der Waals surface area contributed by atoms with Gasteiger partial charge in [-0.3, -0.25) is 5.43 Å². The van der Waals surface area contributed by atoms with Crippen LogP contribution in [0.4, 0.5) is 0 Å². The third-order valence-corrected chi connectivity index (χ3v) is 2.61. The molecule has 0 spiro atoms. The fourth-order valence-corrected chi connectivity index (χ4v) is 1.53. The molecular formula is C13H19N3OS. The van der Waals surface area contributed by atoms with Crippen molar-refractivity contribution >= 4 is 23.5 Å². The van der Waals surface area contributed by atoms with Gasteiger partial charge in [0.1, 0.15) is 5.75 Å². The molecule has 0 atom stereocenters. The Morgan fingerprint density at radius 2 is 2.17 bits per heavy atom. The second-order valence-electron chi connectivity index (χ2n) is 3.89. The van der Waals surface area contributed by atoms with Crippen LogP contribution in [0.5, 0.6) is 5.75 Å². The van der Waals surface area contributed by atoms with Gasteiger partial charge in [-0.25, -0.2) is 0 Å². The summed E-state index contributed by atoms with van der Waals surface area (Å²) >= 11 is 5.05. The smallest absolute Gasteiger partial charge is 0.186 e. The molecule has 1 aromatic carbocycles. The Morgan fingerprint density at radius 3 is 2.89 bits per heavy atom. The van der Waals surface area contributed by atoms with Gasteiger partial charge < -0.3 is 10.4 Å². The van der Waals surface area contributed by atoms with E-state index in [1.807, 2.05) is 6.07 Å². The lowest BCUT2D eigenvalue weighted by atomic mass is 10.2. The first-order valence-electron chi connectivity index (χ1n) is 6.09. The Labute approximate surface area is 113 Å². The number of hydrogen-bond acceptors (Lipinski definition) is 3. The van der Waals surface area contributed by atoms with Crippen molar-refractivity contribution in [2.75, 3.05) is 6.54 Å². The van der Waals surface area contributed by atoms with Crippen molar-refractivity contribution in [1.82, 2.24) is 10.7 Å². The lowest BCUT2D eigenvalue weighted by molar-refractivity contribution is 0.474. The molecule has 0 saturated carbocycles. The molecule has 0 aliphatic carbocycles. The minimum absolute atomic E-state index is 0.199. The van der Waals surface area contributed by atoms with E-state index in [-0.39, 0.29) is 5.75 Å². The molecule has 0 radical (unpaired) electrons. The largest absolute Gasteiger partial charge is 0.507 e. The van der Waals surface area contributed by atoms with Gasteiger partial charge in [-0.15, -0.1) is 0 Å². The normalized spacial score (nSPS) is 10.5. The first kappa shape index (κ1) is 14.4. The van der Waals surface area contributed by atoms with Crippen LogP contribution < -0.4 is 10.7 Å². The van der Waals surface area contributed by atoms with E-state index in [2.05, 4.69) is 22.8 Å². The van der Waals surface area contributed by atoms with E-state index in [9.17, 15) is 5.11 Å². The van der Waals surface area contributed by atoms with Crippen LogP contribution in [-0.2, 0) is 0 Å². The maximum Gasteiger partial charge on any atom is 0.186 e. The minimum Gasteiger partial charge on any atom is -0.507 e. The van der Waals surface area contributed by atoms with Crippen LogP contribution in [0.15, 0.2) is 29.4 Å². The molecule has 18 heavy (non-hydrogen) atoms. The highest BCUT2D eigenvalue weighted by Crippen LogP contribution is 2.12. The summed E-state index contributed by atoms with van der Waals surface area (Å²) in [6.07, 6.45) is 5.01. The summed E-state index contributed by atoms with van der Waals surface area (Å²) in [6.45, 7) is 3.01. The number of aromatic hydroxyl groups is 1. The Bertz CT molecular complexity index is 407. The number of para-hydroxylation sites is 1. The van der Waals surface area contributed by atoms with Crippen LogP contribution in [0.25, 0.3) is 0 Å². The monoisotopic (exact) mass is 265 g/mol. The van der Waals surface area contributed by atoms with E-state index in [1.54, 1.807) is 18.2 Å². The zero-order valence-electron chi connectivity index (χ0n) is 10.5. The highest BCUT2D eigenvalue weighted by atomic mass is 32.1. The lowest BCUT2D eigenvalue weighted by Crippen LogP contribution is -2.32. The molecular weight excluding hydrogens is 246 g/mol. The lowest BCUT2D eigenvalue weighted by Gasteiger charge is -2.06. The molecule has 98 valence electrons. The SMILES string of the molecule is CCCCCNC(=S)N/N=C/c1ccccc1O. The second kappa shape index (κ2) is 8.47. The van der Waals surface area contributed by atoms with E-state index < -0.39 is 0 Å². The van der Waals surface area contributed by atoms with E-state index in [1.165, 1.54) is 19.1 Å². The summed E-state index contributed by atoms with van der Waals surface area (Å²) in [7, 11) is 0. The van der Waals surface area contributed by atoms with Gasteiger partial charge in [0.05, 0.1) is 6.21 Å². The van der Waals surface area contributed by atoms with Crippen LogP contribution in [0.2, 0.25) is 0 Å². The fourth-order valence-electron chi connectivity index (χ4n) is 1.37. The predicted molar refractivity (Wildman–Crippen MR) is 79.0 cm³/mol. The Morgan fingerprint density at radius 1 is 1.39 bits per heavy atom. The van der Waals surface area contributed by atoms with Gasteiger partial charge >= 0.3 is 0 Å². The summed E-state index contributed by atoms with van der Waals surface area (Å²) in [5.74, 6) is 0.199. The zero-order valence-corrected chi connectivity index (χ0v) is 11.3. The van der Waals surface area contributed by atoms with E-state index in [0.717, 1.165) is 13.0 Å². The predicted octanol–water partition coefficient (Wildman–Crippen LogP) is 2.38. The van der Waals surface area contributed by atoms with E-state index in [0.29, 0.717) is 10.7 Å². The maximum atomic E-state index is 9.51. The number of nitrogens with zero attached hydrogens (tertiary/aromatic N) is 1. The number of phenols is 1. The topological polar surface area (TPSA) is 56.7 Å². The average Bonchev–Trinajstić information content (AvgIpc) is 2.37. The van der Waals surface area contributed by atoms with Gasteiger partial charge in [-0.1, -0.05) is 31.9 Å². The van der Waals surface area contributed by atoms with Crippen molar-refractivity contribution < 1.29 is 5.11 Å². The first-order valence-corrected chi connectivity index (χ1v) is 6.49. The van der Waals surface area contributed by atoms with E-state index in [4.69, 9.17) is 12.2 Å². The molecule has 3 N–H and O–H groups in total. The van der Waals surface area contributed by atoms with Crippen molar-refractivity contribution in [3.8, 4) is 5.75 Å². The summed E-state index contributed by atoms with van der Waals surface area (Å²) < 4.78 is 0. The molecule has 0 saturated heterocycles. The molecule has 0 bridgehead atoms. The minimum atomic E-state index is 0.199. The van der Waals surface area contributed by atoms with Gasteiger partial charge in [0.2, 0.25) is 0 Å². The summed E-state index contributed by atoms with van der Waals surface area (Å²) in [5, 5.41) is 17.0. The van der Waals surface area contributed by atoms with Crippen molar-refractivity contribution in [2.45, 2.75) is 26.2 Å². The maximum absolute atomic E-state index is 9.51. The molecule has 1 aromatic rings. The van der Waals surface area contributed by atoms with Crippen molar-refractivity contribution in [3.05, 3.63) is 29.8 Å². The fraction of sp³-hybridized carbons (Fsp3) is 0.385. The molecule has 5 heteroatoms. The highest BCUT2D eigenvalue weighted by Gasteiger charge is 1.95. The van der Waals surface area contributed by atoms with Crippen LogP contribution in [0, 0.1) is 0 Å². The molecule has 0 amide bonds. The van der Waals surface area contributed by atoms with Crippen LogP contribution in [0.3, 0.4) is 0 Å². The third kappa shape index (κ3) is 5.63. The molecule has 0 aromatic heterocycles. The number of phenolic OH excluding ortho intramolecular Hbond substituents is 1. The summed E-state index contributed by atoms with van der Waals surface area (Å²) in [4.78, 5) is 0. The number of nitrogens with one attached hydrogen (secondary N) is 2. The quantitative estimate of drug-likeness (QED) is 0.320. The van der Waals surface area contributed by atoms with Crippen LogP contribution in [0.1, 0.15) is 31.7 Å². The van der Waals surface area contributed by atoms with Gasteiger partial charge in [0, 0.05) is 12.1 Å². The molecule has 1 rings (SSSR count). The van der Waals surface area contributed by atoms with Crippen LogP contribution in [-0.4, -0.2) is 23.0 Å². The number of rotatable bonds is 6. The van der Waals surface area contributed by atoms with Crippen molar-refractivity contribution in [2.24, 2.45) is 5.10 Å². The van der Waals surface area contributed by atoms with Crippen molar-refractivity contribution in [1.29, 1.82) is 0 Å². The first-order chi connectivity index (χ1) is 8.74. The zero-order chi connectivity index (χ0) is 13.2. The summed E-state index contributed by atoms with van der Waals surface area (Å²) in [5.41, 5.74) is 3.37. The number of thiocarbonyl (C=S) groups is 1. The molecule has 0 fully saturated rings. The summed E-state index contributed by atoms with van der Waals surface area (Å²) in [6, 6.07) is 6.99. The van der Waals surface area contributed by atoms with E-state index >= 15 is 0 Å². The Kier molecular flexibility index (Phi) is 6.79. The molecule has 0 aliphatic heterocycles. The standard InChI is InChI=1S/C13H19N3OS/c1-2-3-6-9-14-13(18)16-15-10-11-7-4-5-8-12(11)17/h4-5,7-8,10,17H,2-3,6,9H2,1H3,(H2,14,16,18)/b15-10+. The second-order valence-corrected chi connectivity index (χ2v) is 4.30. The van der Waals surface area contributed by atoms with Gasteiger partial charge in [0.15, 0.2) is 5.11 Å². The van der Waals surface area contributed by atoms with Crippen molar-refractivity contribution in [3.63, 3.8) is 0 Å². The molecule has 4 nitrogen and oxygen atoms in total. The number of hydrazone groups is 1.